The second-order valence-electron chi connectivity index (χ2n) is 7.31. The Labute approximate surface area is 209 Å². The van der Waals surface area contributed by atoms with Crippen molar-refractivity contribution in [2.45, 2.75) is 0 Å². The molecule has 0 fully saturated rings. The van der Waals surface area contributed by atoms with Crippen LogP contribution in [0.15, 0.2) is 93.3 Å². The fourth-order valence-electron chi connectivity index (χ4n) is 3.45. The summed E-state index contributed by atoms with van der Waals surface area (Å²) >= 11 is 18.4. The molecule has 34 heavy (non-hydrogen) atoms. The number of nitrogens with one attached hydrogen (secondary N) is 1. The van der Waals surface area contributed by atoms with Crippen molar-refractivity contribution in [3.63, 3.8) is 0 Å². The van der Waals surface area contributed by atoms with Gasteiger partial charge in [-0.15, -0.1) is 0 Å². The summed E-state index contributed by atoms with van der Waals surface area (Å²) in [7, 11) is 0. The molecule has 6 nitrogen and oxygen atoms in total. The Balaban J connectivity index is 1.59. The van der Waals surface area contributed by atoms with E-state index in [1.165, 1.54) is 6.21 Å². The first kappa shape index (κ1) is 22.2. The van der Waals surface area contributed by atoms with Crippen LogP contribution in [-0.2, 0) is 0 Å². The molecule has 1 N–H and O–H groups in total. The van der Waals surface area contributed by atoms with Crippen LogP contribution in [0, 0.1) is 0 Å². The van der Waals surface area contributed by atoms with E-state index in [9.17, 15) is 4.79 Å². The molecule has 2 aromatic heterocycles. The number of para-hydroxylation sites is 2. The second-order valence-corrected chi connectivity index (χ2v) is 8.56. The Morgan fingerprint density at radius 1 is 0.941 bits per heavy atom. The number of rotatable bonds is 5. The van der Waals surface area contributed by atoms with Gasteiger partial charge < -0.3 is 4.42 Å². The fraction of sp³-hybridized carbons (Fsp3) is 0. The van der Waals surface area contributed by atoms with E-state index in [4.69, 9.17) is 39.2 Å². The maximum atomic E-state index is 12.8. The van der Waals surface area contributed by atoms with Gasteiger partial charge in [0.2, 0.25) is 0 Å². The summed E-state index contributed by atoms with van der Waals surface area (Å²) in [6.45, 7) is 0. The maximum absolute atomic E-state index is 12.8. The molecule has 0 aliphatic heterocycles. The minimum absolute atomic E-state index is 0.317. The van der Waals surface area contributed by atoms with E-state index in [1.807, 2.05) is 48.5 Å². The number of benzene rings is 3. The molecule has 0 aliphatic carbocycles. The molecule has 0 radical (unpaired) electrons. The van der Waals surface area contributed by atoms with Crippen LogP contribution < -0.4 is 11.1 Å². The van der Waals surface area contributed by atoms with Crippen molar-refractivity contribution in [2.24, 2.45) is 5.10 Å². The zero-order valence-electron chi connectivity index (χ0n) is 17.4. The van der Waals surface area contributed by atoms with E-state index in [0.29, 0.717) is 43.2 Å². The van der Waals surface area contributed by atoms with Crippen LogP contribution >= 0.6 is 34.8 Å². The largest absolute Gasteiger partial charge is 0.422 e. The van der Waals surface area contributed by atoms with Gasteiger partial charge in [0.25, 0.3) is 0 Å². The number of anilines is 1. The van der Waals surface area contributed by atoms with Gasteiger partial charge in [0.05, 0.1) is 33.2 Å². The first-order valence-corrected chi connectivity index (χ1v) is 11.2. The van der Waals surface area contributed by atoms with Gasteiger partial charge in [-0.25, -0.2) is 9.48 Å². The summed E-state index contributed by atoms with van der Waals surface area (Å²) in [5.74, 6) is 0. The smallest absolute Gasteiger partial charge is 0.345 e. The Hall–Kier alpha value is -3.58. The average Bonchev–Trinajstić information content (AvgIpc) is 3.24. The Morgan fingerprint density at radius 2 is 1.65 bits per heavy atom. The minimum atomic E-state index is -0.497. The molecule has 168 valence electrons. The van der Waals surface area contributed by atoms with E-state index >= 15 is 0 Å². The lowest BCUT2D eigenvalue weighted by molar-refractivity contribution is 0.563. The van der Waals surface area contributed by atoms with Crippen LogP contribution in [0.25, 0.3) is 27.9 Å². The third kappa shape index (κ3) is 4.43. The summed E-state index contributed by atoms with van der Waals surface area (Å²) in [6, 6.07) is 21.7. The lowest BCUT2D eigenvalue weighted by atomic mass is 10.1. The van der Waals surface area contributed by atoms with Crippen molar-refractivity contribution < 1.29 is 4.42 Å². The fourth-order valence-corrected chi connectivity index (χ4v) is 4.35. The van der Waals surface area contributed by atoms with E-state index in [-0.39, 0.29) is 0 Å². The average molecular weight is 510 g/mol. The van der Waals surface area contributed by atoms with Gasteiger partial charge >= 0.3 is 5.63 Å². The highest BCUT2D eigenvalue weighted by Crippen LogP contribution is 2.33. The van der Waals surface area contributed by atoms with E-state index in [1.54, 1.807) is 35.1 Å². The number of hydrazone groups is 1. The Morgan fingerprint density at radius 3 is 2.41 bits per heavy atom. The highest BCUT2D eigenvalue weighted by Gasteiger charge is 2.17. The topological polar surface area (TPSA) is 72.4 Å². The van der Waals surface area contributed by atoms with Crippen molar-refractivity contribution >= 4 is 57.7 Å². The summed E-state index contributed by atoms with van der Waals surface area (Å²) in [5, 5.41) is 10.8. The molecule has 0 atom stereocenters. The van der Waals surface area contributed by atoms with Crippen LogP contribution in [0.1, 0.15) is 5.56 Å². The zero-order valence-corrected chi connectivity index (χ0v) is 19.6. The third-order valence-corrected chi connectivity index (χ3v) is 5.86. The standard InChI is InChI=1S/C25H15Cl3N4O2/c26-17-11-20(27)24(21(28)12-17)30-29-13-16-14-32(18-7-2-1-3-8-18)31-23(16)19-10-15-6-4-5-9-22(15)34-25(19)33/h1-14,30H. The van der Waals surface area contributed by atoms with Crippen LogP contribution in [0.2, 0.25) is 15.1 Å². The lowest BCUT2D eigenvalue weighted by Gasteiger charge is -2.06. The molecule has 0 bridgehead atoms. The van der Waals surface area contributed by atoms with Gasteiger partial charge in [-0.3, -0.25) is 5.43 Å². The molecule has 5 rings (SSSR count). The Bertz CT molecular complexity index is 1570. The van der Waals surface area contributed by atoms with Crippen LogP contribution in [0.5, 0.6) is 0 Å². The molecule has 0 amide bonds. The molecule has 0 saturated carbocycles. The lowest BCUT2D eigenvalue weighted by Crippen LogP contribution is -2.05. The molecule has 0 unspecified atom stereocenters. The third-order valence-electron chi connectivity index (χ3n) is 5.05. The molecule has 5 aromatic rings. The number of hydrogen-bond acceptors (Lipinski definition) is 5. The molecule has 0 aliphatic rings. The number of nitrogens with zero attached hydrogens (tertiary/aromatic N) is 3. The molecule has 2 heterocycles. The summed E-state index contributed by atoms with van der Waals surface area (Å²) in [6.07, 6.45) is 3.31. The quantitative estimate of drug-likeness (QED) is 0.156. The minimum Gasteiger partial charge on any atom is -0.422 e. The summed E-state index contributed by atoms with van der Waals surface area (Å²) in [4.78, 5) is 12.8. The molecule has 0 spiro atoms. The molecule has 0 saturated heterocycles. The SMILES string of the molecule is O=c1oc2ccccc2cc1-c1nn(-c2ccccc2)cc1C=NNc1c(Cl)cc(Cl)cc1Cl. The first-order valence-electron chi connectivity index (χ1n) is 10.1. The number of halogens is 3. The predicted octanol–water partition coefficient (Wildman–Crippen LogP) is 7.05. The van der Waals surface area contributed by atoms with Gasteiger partial charge in [0.1, 0.15) is 11.3 Å². The van der Waals surface area contributed by atoms with E-state index in [0.717, 1.165) is 11.1 Å². The van der Waals surface area contributed by atoms with Crippen molar-refractivity contribution in [1.29, 1.82) is 0 Å². The number of aromatic nitrogens is 2. The monoisotopic (exact) mass is 508 g/mol. The van der Waals surface area contributed by atoms with Crippen LogP contribution in [0.4, 0.5) is 5.69 Å². The number of fused-ring (bicyclic) bond motifs is 1. The molecular formula is C25H15Cl3N4O2. The van der Waals surface area contributed by atoms with Crippen LogP contribution in [0.3, 0.4) is 0 Å². The van der Waals surface area contributed by atoms with Gasteiger partial charge in [-0.2, -0.15) is 10.2 Å². The summed E-state index contributed by atoms with van der Waals surface area (Å²) in [5.41, 5.74) is 5.39. The highest BCUT2D eigenvalue weighted by molar-refractivity contribution is 6.41. The predicted molar refractivity (Wildman–Crippen MR) is 138 cm³/mol. The van der Waals surface area contributed by atoms with E-state index < -0.39 is 5.63 Å². The van der Waals surface area contributed by atoms with Crippen molar-refractivity contribution in [1.82, 2.24) is 9.78 Å². The highest BCUT2D eigenvalue weighted by atomic mass is 35.5. The maximum Gasteiger partial charge on any atom is 0.345 e. The molecule has 9 heteroatoms. The van der Waals surface area contributed by atoms with Crippen LogP contribution in [-0.4, -0.2) is 16.0 Å². The van der Waals surface area contributed by atoms with Crippen molar-refractivity contribution in [2.75, 3.05) is 5.43 Å². The van der Waals surface area contributed by atoms with E-state index in [2.05, 4.69) is 15.6 Å². The van der Waals surface area contributed by atoms with Crippen molar-refractivity contribution in [3.05, 3.63) is 110 Å². The van der Waals surface area contributed by atoms with Gasteiger partial charge in [-0.1, -0.05) is 71.2 Å². The number of hydrogen-bond donors (Lipinski definition) is 1. The Kier molecular flexibility index (Phi) is 6.11. The second kappa shape index (κ2) is 9.35. The van der Waals surface area contributed by atoms with Crippen molar-refractivity contribution in [3.8, 4) is 16.9 Å². The van der Waals surface area contributed by atoms with Gasteiger partial charge in [-0.05, 0) is 36.4 Å². The molecular weight excluding hydrogens is 495 g/mol. The molecule has 3 aromatic carbocycles. The summed E-state index contributed by atoms with van der Waals surface area (Å²) < 4.78 is 7.20. The first-order chi connectivity index (χ1) is 16.5. The zero-order chi connectivity index (χ0) is 23.7. The van der Waals surface area contributed by atoms with Gasteiger partial charge in [0, 0.05) is 22.2 Å². The van der Waals surface area contributed by atoms with Gasteiger partial charge in [0.15, 0.2) is 0 Å². The normalized spacial score (nSPS) is 11.4.